The van der Waals surface area contributed by atoms with Gasteiger partial charge in [-0.25, -0.2) is 16.9 Å². The van der Waals surface area contributed by atoms with E-state index in [2.05, 4.69) is 5.32 Å². The van der Waals surface area contributed by atoms with Crippen LogP contribution in [0.25, 0.3) is 11.1 Å². The largest absolute Gasteiger partial charge is 0.506 e. The number of phenolic OH excluding ortho intramolecular Hbond substituents is 1. The Kier molecular flexibility index (Phi) is 7.20. The van der Waals surface area contributed by atoms with E-state index in [9.17, 15) is 27.1 Å². The van der Waals surface area contributed by atoms with E-state index in [1.165, 1.54) is 42.5 Å². The molecule has 4 rings (SSSR count). The number of nitrogens with zero attached hydrogens (tertiary/aromatic N) is 1. The normalized spacial score (nSPS) is 12.1. The van der Waals surface area contributed by atoms with Crippen molar-refractivity contribution in [2.45, 2.75) is 4.90 Å². The molecule has 36 heavy (non-hydrogen) atoms. The summed E-state index contributed by atoms with van der Waals surface area (Å²) in [6.45, 7) is 0. The summed E-state index contributed by atoms with van der Waals surface area (Å²) in [4.78, 5) is 12.9. The Hall–Kier alpha value is -3.99. The molecule has 0 aliphatic rings. The Balaban J connectivity index is 1.59. The average molecular weight is 523 g/mol. The molecule has 0 spiro atoms. The zero-order valence-electron chi connectivity index (χ0n) is 19.0. The van der Waals surface area contributed by atoms with E-state index in [1.54, 1.807) is 12.1 Å². The van der Waals surface area contributed by atoms with Crippen molar-refractivity contribution in [3.05, 3.63) is 103 Å². The molecule has 1 unspecified atom stereocenters. The van der Waals surface area contributed by atoms with E-state index >= 15 is 0 Å². The first-order valence-corrected chi connectivity index (χ1v) is 13.6. The lowest BCUT2D eigenvalue weighted by Crippen LogP contribution is -2.20. The van der Waals surface area contributed by atoms with Crippen LogP contribution in [0.2, 0.25) is 0 Å². The maximum absolute atomic E-state index is 12.8. The van der Waals surface area contributed by atoms with Crippen molar-refractivity contribution in [2.75, 3.05) is 15.9 Å². The standard InChI is InChI=1S/C26H22N2O6S2/c1-36(33,34)23-14-12-22(13-15-23)28(35(31)32)24-17-21(11-16-25(24)29)27-26(30)20-9-7-19(8-10-20)18-5-3-2-4-6-18/h2-17,29H,1H3,(H,27,30)(H,31,32). The first-order chi connectivity index (χ1) is 17.1. The number of carbonyl (C=O) groups is 1. The van der Waals surface area contributed by atoms with Crippen LogP contribution in [-0.2, 0) is 21.1 Å². The smallest absolute Gasteiger partial charge is 0.266 e. The second-order valence-electron chi connectivity index (χ2n) is 7.89. The van der Waals surface area contributed by atoms with Crippen molar-refractivity contribution in [3.8, 4) is 16.9 Å². The zero-order chi connectivity index (χ0) is 25.9. The van der Waals surface area contributed by atoms with Gasteiger partial charge in [0.05, 0.1) is 10.6 Å². The molecule has 0 aliphatic carbocycles. The van der Waals surface area contributed by atoms with E-state index in [0.717, 1.165) is 21.7 Å². The molecule has 1 atom stereocenters. The van der Waals surface area contributed by atoms with Crippen molar-refractivity contribution < 1.29 is 27.1 Å². The molecule has 0 aromatic heterocycles. The number of rotatable bonds is 7. The van der Waals surface area contributed by atoms with Crippen molar-refractivity contribution in [3.63, 3.8) is 0 Å². The first-order valence-electron chi connectivity index (χ1n) is 10.6. The van der Waals surface area contributed by atoms with Crippen LogP contribution >= 0.6 is 0 Å². The predicted octanol–water partition coefficient (Wildman–Crippen LogP) is 4.99. The fourth-order valence-corrected chi connectivity index (χ4v) is 4.80. The first kappa shape index (κ1) is 25.1. The van der Waals surface area contributed by atoms with Gasteiger partial charge in [0.2, 0.25) is 0 Å². The number of hydrogen-bond acceptors (Lipinski definition) is 5. The second-order valence-corrected chi connectivity index (χ2v) is 10.7. The maximum atomic E-state index is 12.8. The van der Waals surface area contributed by atoms with E-state index in [0.29, 0.717) is 5.56 Å². The molecule has 4 aromatic rings. The lowest BCUT2D eigenvalue weighted by molar-refractivity contribution is 0.102. The SMILES string of the molecule is CS(=O)(=O)c1ccc(N(c2cc(NC(=O)c3ccc(-c4ccccc4)cc3)ccc2O)S(=O)O)cc1. The van der Waals surface area contributed by atoms with Crippen molar-refractivity contribution in [2.24, 2.45) is 0 Å². The molecule has 0 bridgehead atoms. The van der Waals surface area contributed by atoms with Gasteiger partial charge >= 0.3 is 0 Å². The third kappa shape index (κ3) is 5.62. The van der Waals surface area contributed by atoms with Gasteiger partial charge in [-0.2, -0.15) is 0 Å². The van der Waals surface area contributed by atoms with E-state index in [1.807, 2.05) is 42.5 Å². The molecule has 184 valence electrons. The summed E-state index contributed by atoms with van der Waals surface area (Å²) in [5.41, 5.74) is 2.78. The molecule has 0 fully saturated rings. The molecule has 0 radical (unpaired) electrons. The minimum atomic E-state index is -3.46. The van der Waals surface area contributed by atoms with Gasteiger partial charge in [-0.15, -0.1) is 0 Å². The number of hydrogen-bond donors (Lipinski definition) is 3. The van der Waals surface area contributed by atoms with Crippen molar-refractivity contribution >= 4 is 44.1 Å². The number of benzene rings is 4. The van der Waals surface area contributed by atoms with Crippen LogP contribution in [0.5, 0.6) is 5.75 Å². The fraction of sp³-hybridized carbons (Fsp3) is 0.0385. The number of sulfone groups is 1. The number of aromatic hydroxyl groups is 1. The zero-order valence-corrected chi connectivity index (χ0v) is 20.7. The highest BCUT2D eigenvalue weighted by atomic mass is 32.2. The van der Waals surface area contributed by atoms with Crippen LogP contribution in [0.4, 0.5) is 17.1 Å². The van der Waals surface area contributed by atoms with Gasteiger partial charge in [-0.1, -0.05) is 42.5 Å². The predicted molar refractivity (Wildman–Crippen MR) is 140 cm³/mol. The maximum Gasteiger partial charge on any atom is 0.266 e. The monoisotopic (exact) mass is 522 g/mol. The highest BCUT2D eigenvalue weighted by Gasteiger charge is 2.21. The number of amides is 1. The molecular formula is C26H22N2O6S2. The molecule has 0 heterocycles. The van der Waals surface area contributed by atoms with Crippen LogP contribution in [-0.4, -0.2) is 34.4 Å². The van der Waals surface area contributed by atoms with Crippen LogP contribution in [0.15, 0.2) is 102 Å². The summed E-state index contributed by atoms with van der Waals surface area (Å²) in [6, 6.07) is 26.2. The third-order valence-corrected chi connectivity index (χ3v) is 7.21. The van der Waals surface area contributed by atoms with Crippen LogP contribution in [0, 0.1) is 0 Å². The molecule has 10 heteroatoms. The van der Waals surface area contributed by atoms with Crippen LogP contribution in [0.1, 0.15) is 10.4 Å². The lowest BCUT2D eigenvalue weighted by atomic mass is 10.0. The summed E-state index contributed by atoms with van der Waals surface area (Å²) in [5, 5.41) is 13.1. The average Bonchev–Trinajstić information content (AvgIpc) is 2.86. The van der Waals surface area contributed by atoms with Gasteiger partial charge in [0.1, 0.15) is 11.4 Å². The van der Waals surface area contributed by atoms with Gasteiger partial charge in [-0.05, 0) is 65.7 Å². The number of carbonyl (C=O) groups excluding carboxylic acids is 1. The molecule has 3 N–H and O–H groups in total. The molecule has 8 nitrogen and oxygen atoms in total. The Morgan fingerprint density at radius 1 is 0.861 bits per heavy atom. The second kappa shape index (κ2) is 10.3. The number of anilines is 3. The molecule has 1 amide bonds. The molecule has 0 saturated heterocycles. The van der Waals surface area contributed by atoms with Crippen molar-refractivity contribution in [1.82, 2.24) is 0 Å². The lowest BCUT2D eigenvalue weighted by Gasteiger charge is -2.22. The molecule has 0 saturated carbocycles. The molecule has 4 aromatic carbocycles. The Morgan fingerprint density at radius 2 is 1.47 bits per heavy atom. The van der Waals surface area contributed by atoms with Crippen molar-refractivity contribution in [1.29, 1.82) is 0 Å². The number of nitrogens with one attached hydrogen (secondary N) is 1. The Bertz CT molecular complexity index is 1520. The topological polar surface area (TPSA) is 124 Å². The van der Waals surface area contributed by atoms with Gasteiger partial charge in [0.15, 0.2) is 9.84 Å². The molecular weight excluding hydrogens is 500 g/mol. The minimum Gasteiger partial charge on any atom is -0.506 e. The van der Waals surface area contributed by atoms with Gasteiger partial charge in [0, 0.05) is 17.5 Å². The fourth-order valence-electron chi connectivity index (χ4n) is 3.55. The summed E-state index contributed by atoms with van der Waals surface area (Å²) >= 11 is -2.61. The summed E-state index contributed by atoms with van der Waals surface area (Å²) < 4.78 is 46.4. The van der Waals surface area contributed by atoms with E-state index in [-0.39, 0.29) is 27.7 Å². The number of phenols is 1. The Labute approximate surface area is 211 Å². The minimum absolute atomic E-state index is 0.0402. The van der Waals surface area contributed by atoms with E-state index in [4.69, 9.17) is 0 Å². The summed E-state index contributed by atoms with van der Waals surface area (Å²) in [7, 11) is -3.46. The van der Waals surface area contributed by atoms with Gasteiger partial charge < -0.3 is 10.4 Å². The highest BCUT2D eigenvalue weighted by Crippen LogP contribution is 2.36. The quantitative estimate of drug-likeness (QED) is 0.232. The molecule has 0 aliphatic heterocycles. The van der Waals surface area contributed by atoms with Gasteiger partial charge in [0.25, 0.3) is 17.2 Å². The summed E-state index contributed by atoms with van der Waals surface area (Å²) in [5.74, 6) is -0.713. The van der Waals surface area contributed by atoms with E-state index < -0.39 is 27.0 Å². The summed E-state index contributed by atoms with van der Waals surface area (Å²) in [6.07, 6.45) is 1.05. The van der Waals surface area contributed by atoms with Crippen LogP contribution < -0.4 is 9.62 Å². The third-order valence-electron chi connectivity index (χ3n) is 5.36. The van der Waals surface area contributed by atoms with Gasteiger partial charge in [-0.3, -0.25) is 9.35 Å². The Morgan fingerprint density at radius 3 is 2.06 bits per heavy atom. The highest BCUT2D eigenvalue weighted by molar-refractivity contribution is 7.90. The van der Waals surface area contributed by atoms with Crippen LogP contribution in [0.3, 0.4) is 0 Å².